The molecule has 0 aliphatic carbocycles. The van der Waals surface area contributed by atoms with E-state index >= 15 is 0 Å². The zero-order chi connectivity index (χ0) is 15.4. The summed E-state index contributed by atoms with van der Waals surface area (Å²) < 4.78 is 1.81. The van der Waals surface area contributed by atoms with E-state index in [4.69, 9.17) is 18.0 Å². The predicted molar refractivity (Wildman–Crippen MR) is 87.2 cm³/mol. The molecule has 2 heterocycles. The van der Waals surface area contributed by atoms with Crippen molar-refractivity contribution in [2.24, 2.45) is 12.8 Å². The Kier molecular flexibility index (Phi) is 4.85. The van der Waals surface area contributed by atoms with Crippen LogP contribution in [0.15, 0.2) is 12.3 Å². The molecule has 6 nitrogen and oxygen atoms in total. The van der Waals surface area contributed by atoms with E-state index in [9.17, 15) is 0 Å². The Morgan fingerprint density at radius 2 is 2.10 bits per heavy atom. The highest BCUT2D eigenvalue weighted by Gasteiger charge is 2.16. The Bertz CT molecular complexity index is 649. The lowest BCUT2D eigenvalue weighted by atomic mass is 10.0. The van der Waals surface area contributed by atoms with Crippen molar-refractivity contribution in [1.29, 1.82) is 0 Å². The van der Waals surface area contributed by atoms with Gasteiger partial charge in [-0.1, -0.05) is 26.1 Å². The Morgan fingerprint density at radius 1 is 1.33 bits per heavy atom. The van der Waals surface area contributed by atoms with Crippen LogP contribution in [0.3, 0.4) is 0 Å². The minimum absolute atomic E-state index is 0.351. The summed E-state index contributed by atoms with van der Waals surface area (Å²) in [4.78, 5) is 0.351. The van der Waals surface area contributed by atoms with E-state index in [-0.39, 0.29) is 0 Å². The molecular formula is C14H20N6S. The van der Waals surface area contributed by atoms with Gasteiger partial charge in [0, 0.05) is 13.2 Å². The molecule has 0 saturated carbocycles. The molecule has 112 valence electrons. The third kappa shape index (κ3) is 3.18. The van der Waals surface area contributed by atoms with Gasteiger partial charge in [-0.25, -0.2) is 0 Å². The average molecular weight is 304 g/mol. The van der Waals surface area contributed by atoms with Crippen LogP contribution in [0.5, 0.6) is 0 Å². The monoisotopic (exact) mass is 304 g/mol. The van der Waals surface area contributed by atoms with E-state index in [2.05, 4.69) is 34.5 Å². The zero-order valence-corrected chi connectivity index (χ0v) is 13.4. The molecule has 3 N–H and O–H groups in total. The van der Waals surface area contributed by atoms with Crippen molar-refractivity contribution in [3.05, 3.63) is 34.8 Å². The number of nitrogens with zero attached hydrogens (tertiary/aromatic N) is 4. The molecule has 2 aromatic rings. The summed E-state index contributed by atoms with van der Waals surface area (Å²) in [6, 6.07) is 1.95. The lowest BCUT2D eigenvalue weighted by molar-refractivity contribution is 0.719. The smallest absolute Gasteiger partial charge is 0.159 e. The van der Waals surface area contributed by atoms with Gasteiger partial charge in [-0.15, -0.1) is 5.10 Å². The fourth-order valence-corrected chi connectivity index (χ4v) is 2.53. The van der Waals surface area contributed by atoms with Crippen LogP contribution in [0.25, 0.3) is 0 Å². The molecule has 0 saturated heterocycles. The molecule has 0 unspecified atom stereocenters. The second kappa shape index (κ2) is 6.62. The summed E-state index contributed by atoms with van der Waals surface area (Å²) in [6.07, 6.45) is 3.40. The first-order valence-electron chi connectivity index (χ1n) is 6.97. The molecule has 0 spiro atoms. The van der Waals surface area contributed by atoms with E-state index in [0.29, 0.717) is 17.4 Å². The van der Waals surface area contributed by atoms with Crippen molar-refractivity contribution in [2.75, 3.05) is 5.32 Å². The molecule has 0 aromatic carbocycles. The molecule has 0 aliphatic heterocycles. The maximum Gasteiger partial charge on any atom is 0.159 e. The van der Waals surface area contributed by atoms with Crippen LogP contribution in [0.1, 0.15) is 36.4 Å². The molecule has 0 atom stereocenters. The van der Waals surface area contributed by atoms with Crippen LogP contribution < -0.4 is 11.1 Å². The molecule has 2 rings (SSSR count). The van der Waals surface area contributed by atoms with Crippen LogP contribution >= 0.6 is 12.2 Å². The maximum atomic E-state index is 5.90. The summed E-state index contributed by atoms with van der Waals surface area (Å²) in [5, 5.41) is 15.9. The van der Waals surface area contributed by atoms with Crippen LogP contribution in [0.4, 0.5) is 5.82 Å². The van der Waals surface area contributed by atoms with Crippen molar-refractivity contribution < 1.29 is 0 Å². The maximum absolute atomic E-state index is 5.90. The van der Waals surface area contributed by atoms with Gasteiger partial charge >= 0.3 is 0 Å². The van der Waals surface area contributed by atoms with Gasteiger partial charge < -0.3 is 11.1 Å². The Labute approximate surface area is 129 Å². The highest BCUT2D eigenvalue weighted by atomic mass is 32.1. The average Bonchev–Trinajstić information content (AvgIpc) is 2.88. The summed E-state index contributed by atoms with van der Waals surface area (Å²) >= 11 is 5.20. The van der Waals surface area contributed by atoms with Gasteiger partial charge in [0.15, 0.2) is 5.82 Å². The number of aryl methyl sites for hydroxylation is 2. The molecule has 0 fully saturated rings. The first-order chi connectivity index (χ1) is 10.1. The topological polar surface area (TPSA) is 81.7 Å². The van der Waals surface area contributed by atoms with Crippen molar-refractivity contribution in [3.8, 4) is 0 Å². The number of nitrogens with two attached hydrogens (primary N) is 1. The summed E-state index contributed by atoms with van der Waals surface area (Å²) in [6.45, 7) is 4.72. The van der Waals surface area contributed by atoms with E-state index < -0.39 is 0 Å². The van der Waals surface area contributed by atoms with Crippen LogP contribution in [-0.2, 0) is 26.4 Å². The van der Waals surface area contributed by atoms with Crippen molar-refractivity contribution in [2.45, 2.75) is 33.2 Å². The van der Waals surface area contributed by atoms with Crippen molar-refractivity contribution in [1.82, 2.24) is 20.0 Å². The largest absolute Gasteiger partial charge is 0.389 e. The number of nitrogens with one attached hydrogen (secondary N) is 1. The van der Waals surface area contributed by atoms with E-state index in [1.165, 1.54) is 0 Å². The van der Waals surface area contributed by atoms with Crippen LogP contribution in [0.2, 0.25) is 0 Å². The minimum Gasteiger partial charge on any atom is -0.389 e. The molecule has 21 heavy (non-hydrogen) atoms. The quantitative estimate of drug-likeness (QED) is 0.789. The van der Waals surface area contributed by atoms with Crippen molar-refractivity contribution in [3.63, 3.8) is 0 Å². The SMILES string of the molecule is CCc1nnc(NCc2ccnn2C)c(C(N)=S)c1CC. The second-order valence-corrected chi connectivity index (χ2v) is 5.16. The van der Waals surface area contributed by atoms with E-state index in [1.807, 2.05) is 17.8 Å². The Balaban J connectivity index is 2.34. The first kappa shape index (κ1) is 15.4. The highest BCUT2D eigenvalue weighted by Crippen LogP contribution is 2.21. The highest BCUT2D eigenvalue weighted by molar-refractivity contribution is 7.80. The van der Waals surface area contributed by atoms with E-state index in [1.54, 1.807) is 6.20 Å². The minimum atomic E-state index is 0.351. The third-order valence-electron chi connectivity index (χ3n) is 3.45. The summed E-state index contributed by atoms with van der Waals surface area (Å²) in [5.41, 5.74) is 9.78. The summed E-state index contributed by atoms with van der Waals surface area (Å²) in [7, 11) is 1.90. The van der Waals surface area contributed by atoms with Gasteiger partial charge in [0.25, 0.3) is 0 Å². The summed E-state index contributed by atoms with van der Waals surface area (Å²) in [5.74, 6) is 0.637. The Morgan fingerprint density at radius 3 is 2.62 bits per heavy atom. The van der Waals surface area contributed by atoms with E-state index in [0.717, 1.165) is 35.4 Å². The molecule has 0 aliphatic rings. The number of aromatic nitrogens is 4. The molecule has 0 amide bonds. The number of hydrogen-bond donors (Lipinski definition) is 2. The zero-order valence-electron chi connectivity index (χ0n) is 12.6. The number of hydrogen-bond acceptors (Lipinski definition) is 5. The van der Waals surface area contributed by atoms with Crippen molar-refractivity contribution >= 4 is 23.0 Å². The third-order valence-corrected chi connectivity index (χ3v) is 3.66. The van der Waals surface area contributed by atoms with Crippen LogP contribution in [0, 0.1) is 0 Å². The van der Waals surface area contributed by atoms with Gasteiger partial charge in [-0.3, -0.25) is 4.68 Å². The first-order valence-corrected chi connectivity index (χ1v) is 7.38. The molecule has 0 bridgehead atoms. The van der Waals surface area contributed by atoms with Gasteiger partial charge in [-0.05, 0) is 24.5 Å². The predicted octanol–water partition coefficient (Wildman–Crippen LogP) is 1.58. The molecule has 0 radical (unpaired) electrons. The Hall–Kier alpha value is -2.02. The molecule has 7 heteroatoms. The fraction of sp³-hybridized carbons (Fsp3) is 0.429. The number of anilines is 1. The van der Waals surface area contributed by atoms with Gasteiger partial charge in [0.05, 0.1) is 23.5 Å². The normalized spacial score (nSPS) is 10.6. The van der Waals surface area contributed by atoms with Gasteiger partial charge in [-0.2, -0.15) is 10.2 Å². The molecular weight excluding hydrogens is 284 g/mol. The van der Waals surface area contributed by atoms with Gasteiger partial charge in [0.1, 0.15) is 4.99 Å². The molecule has 2 aromatic heterocycles. The standard InChI is InChI=1S/C14H20N6S/c1-4-10-11(5-2)18-19-14(12(10)13(15)21)16-8-9-6-7-17-20(9)3/h6-7H,4-5,8H2,1-3H3,(H2,15,21)(H,16,19). The number of rotatable bonds is 6. The fourth-order valence-electron chi connectivity index (χ4n) is 2.31. The van der Waals surface area contributed by atoms with Gasteiger partial charge in [0.2, 0.25) is 0 Å². The number of thiocarbonyl (C=S) groups is 1. The van der Waals surface area contributed by atoms with Crippen LogP contribution in [-0.4, -0.2) is 25.0 Å². The lowest BCUT2D eigenvalue weighted by Gasteiger charge is -2.15. The lowest BCUT2D eigenvalue weighted by Crippen LogP contribution is -2.20. The second-order valence-electron chi connectivity index (χ2n) is 4.72.